The molecule has 9 heteroatoms. The molecule has 0 aliphatic carbocycles. The second-order valence-electron chi connectivity index (χ2n) is 3.89. The average Bonchev–Trinajstić information content (AvgIpc) is 2.34. The van der Waals surface area contributed by atoms with Gasteiger partial charge in [0.05, 0.1) is 5.02 Å². The molecular formula is C11H14ClN3O3S2. The molecule has 1 amide bonds. The highest BCUT2D eigenvalue weighted by Crippen LogP contribution is 2.22. The van der Waals surface area contributed by atoms with Gasteiger partial charge in [0.2, 0.25) is 15.9 Å². The Hall–Kier alpha value is -1.22. The molecule has 0 unspecified atom stereocenters. The summed E-state index contributed by atoms with van der Waals surface area (Å²) in [5.74, 6) is -0.233. The lowest BCUT2D eigenvalue weighted by molar-refractivity contribution is -0.118. The summed E-state index contributed by atoms with van der Waals surface area (Å²) in [5.41, 5.74) is 5.92. The Morgan fingerprint density at radius 1 is 1.40 bits per heavy atom. The zero-order chi connectivity index (χ0) is 15.3. The van der Waals surface area contributed by atoms with Crippen LogP contribution in [0.1, 0.15) is 12.5 Å². The normalized spacial score (nSPS) is 11.1. The smallest absolute Gasteiger partial charge is 0.242 e. The molecule has 0 atom stereocenters. The molecule has 0 saturated carbocycles. The van der Waals surface area contributed by atoms with Gasteiger partial charge >= 0.3 is 0 Å². The summed E-state index contributed by atoms with van der Waals surface area (Å²) in [6.07, 6.45) is 0. The monoisotopic (exact) mass is 335 g/mol. The summed E-state index contributed by atoms with van der Waals surface area (Å²) in [6, 6.07) is 4.21. The first-order valence-corrected chi connectivity index (χ1v) is 7.84. The zero-order valence-corrected chi connectivity index (χ0v) is 13.0. The fourth-order valence-corrected chi connectivity index (χ4v) is 3.08. The van der Waals surface area contributed by atoms with E-state index in [-0.39, 0.29) is 33.9 Å². The van der Waals surface area contributed by atoms with Gasteiger partial charge in [-0.25, -0.2) is 13.1 Å². The van der Waals surface area contributed by atoms with Crippen LogP contribution in [0.3, 0.4) is 0 Å². The first kappa shape index (κ1) is 16.8. The van der Waals surface area contributed by atoms with Gasteiger partial charge in [-0.05, 0) is 12.1 Å². The van der Waals surface area contributed by atoms with E-state index in [4.69, 9.17) is 29.6 Å². The van der Waals surface area contributed by atoms with Crippen LogP contribution in [-0.4, -0.2) is 32.4 Å². The third kappa shape index (κ3) is 4.71. The minimum atomic E-state index is -3.75. The standard InChI is InChI=1S/C11H14ClN3O3S2/c1-7(16)14-4-5-15-20(17,18)10-3-2-8(11(13)19)6-9(10)12/h2-3,6,15H,4-5H2,1H3,(H2,13,19)(H,14,16). The highest BCUT2D eigenvalue weighted by Gasteiger charge is 2.17. The van der Waals surface area contributed by atoms with Crippen molar-refractivity contribution >= 4 is 44.7 Å². The minimum absolute atomic E-state index is 0.0299. The summed E-state index contributed by atoms with van der Waals surface area (Å²) in [4.78, 5) is 10.7. The molecule has 0 saturated heterocycles. The molecule has 1 rings (SSSR count). The quantitative estimate of drug-likeness (QED) is 0.515. The van der Waals surface area contributed by atoms with Crippen LogP contribution in [0.25, 0.3) is 0 Å². The Labute approximate surface area is 127 Å². The average molecular weight is 336 g/mol. The second kappa shape index (κ2) is 6.98. The van der Waals surface area contributed by atoms with Gasteiger partial charge in [-0.2, -0.15) is 0 Å². The molecule has 0 spiro atoms. The number of amides is 1. The van der Waals surface area contributed by atoms with E-state index in [1.54, 1.807) is 0 Å². The summed E-state index contributed by atoms with van der Waals surface area (Å²) in [5, 5.41) is 2.51. The van der Waals surface area contributed by atoms with E-state index in [0.29, 0.717) is 5.56 Å². The van der Waals surface area contributed by atoms with Crippen LogP contribution in [0.2, 0.25) is 5.02 Å². The van der Waals surface area contributed by atoms with Gasteiger partial charge in [-0.15, -0.1) is 0 Å². The summed E-state index contributed by atoms with van der Waals surface area (Å²) in [6.45, 7) is 1.60. The largest absolute Gasteiger partial charge is 0.389 e. The number of hydrogen-bond acceptors (Lipinski definition) is 4. The minimum Gasteiger partial charge on any atom is -0.389 e. The molecule has 0 radical (unpaired) electrons. The fraction of sp³-hybridized carbons (Fsp3) is 0.273. The predicted octanol–water partition coefficient (Wildman–Crippen LogP) is 0.389. The van der Waals surface area contributed by atoms with Crippen LogP contribution in [0.4, 0.5) is 0 Å². The van der Waals surface area contributed by atoms with Crippen LogP contribution in [0, 0.1) is 0 Å². The maximum atomic E-state index is 12.0. The molecule has 1 aromatic carbocycles. The van der Waals surface area contributed by atoms with E-state index in [0.717, 1.165) is 0 Å². The van der Waals surface area contributed by atoms with Gasteiger partial charge in [-0.1, -0.05) is 29.9 Å². The Bertz CT molecular complexity index is 632. The van der Waals surface area contributed by atoms with Crippen LogP contribution in [0.5, 0.6) is 0 Å². The maximum Gasteiger partial charge on any atom is 0.242 e. The molecule has 0 aromatic heterocycles. The molecule has 0 fully saturated rings. The molecule has 0 aliphatic rings. The van der Waals surface area contributed by atoms with Crippen molar-refractivity contribution in [3.8, 4) is 0 Å². The van der Waals surface area contributed by atoms with E-state index in [2.05, 4.69) is 10.0 Å². The molecule has 20 heavy (non-hydrogen) atoms. The van der Waals surface area contributed by atoms with Gasteiger partial charge in [0, 0.05) is 25.6 Å². The first-order chi connectivity index (χ1) is 9.24. The Balaban J connectivity index is 2.82. The number of sulfonamides is 1. The second-order valence-corrected chi connectivity index (χ2v) is 6.47. The van der Waals surface area contributed by atoms with Crippen molar-refractivity contribution in [3.05, 3.63) is 28.8 Å². The van der Waals surface area contributed by atoms with Crippen molar-refractivity contribution in [1.82, 2.24) is 10.0 Å². The van der Waals surface area contributed by atoms with E-state index >= 15 is 0 Å². The number of carbonyl (C=O) groups excluding carboxylic acids is 1. The van der Waals surface area contributed by atoms with E-state index in [1.165, 1.54) is 25.1 Å². The zero-order valence-electron chi connectivity index (χ0n) is 10.6. The lowest BCUT2D eigenvalue weighted by atomic mass is 10.2. The third-order valence-corrected chi connectivity index (χ3v) is 4.48. The molecule has 0 heterocycles. The highest BCUT2D eigenvalue weighted by atomic mass is 35.5. The number of nitrogens with two attached hydrogens (primary N) is 1. The molecule has 0 aliphatic heterocycles. The lowest BCUT2D eigenvalue weighted by Gasteiger charge is -2.09. The third-order valence-electron chi connectivity index (χ3n) is 2.30. The summed E-state index contributed by atoms with van der Waals surface area (Å²) in [7, 11) is -3.75. The van der Waals surface area contributed by atoms with Crippen molar-refractivity contribution in [2.45, 2.75) is 11.8 Å². The van der Waals surface area contributed by atoms with Crippen LogP contribution in [0.15, 0.2) is 23.1 Å². The number of nitrogens with one attached hydrogen (secondary N) is 2. The lowest BCUT2D eigenvalue weighted by Crippen LogP contribution is -2.33. The highest BCUT2D eigenvalue weighted by molar-refractivity contribution is 7.89. The number of benzene rings is 1. The van der Waals surface area contributed by atoms with E-state index in [1.807, 2.05) is 0 Å². The first-order valence-electron chi connectivity index (χ1n) is 5.57. The van der Waals surface area contributed by atoms with Crippen molar-refractivity contribution in [2.24, 2.45) is 5.73 Å². The number of rotatable bonds is 6. The van der Waals surface area contributed by atoms with Gasteiger partial charge in [0.1, 0.15) is 9.88 Å². The number of hydrogen-bond donors (Lipinski definition) is 3. The van der Waals surface area contributed by atoms with Crippen molar-refractivity contribution in [2.75, 3.05) is 13.1 Å². The maximum absolute atomic E-state index is 12.0. The fourth-order valence-electron chi connectivity index (χ4n) is 1.37. The SMILES string of the molecule is CC(=O)NCCNS(=O)(=O)c1ccc(C(N)=S)cc1Cl. The Morgan fingerprint density at radius 2 is 2.05 bits per heavy atom. The van der Waals surface area contributed by atoms with Crippen LogP contribution in [-0.2, 0) is 14.8 Å². The molecular weight excluding hydrogens is 322 g/mol. The van der Waals surface area contributed by atoms with Crippen LogP contribution >= 0.6 is 23.8 Å². The van der Waals surface area contributed by atoms with Gasteiger partial charge in [0.25, 0.3) is 0 Å². The van der Waals surface area contributed by atoms with E-state index < -0.39 is 10.0 Å². The van der Waals surface area contributed by atoms with Gasteiger partial charge < -0.3 is 11.1 Å². The van der Waals surface area contributed by atoms with Gasteiger partial charge in [0.15, 0.2) is 0 Å². The summed E-state index contributed by atoms with van der Waals surface area (Å²) >= 11 is 10.7. The Morgan fingerprint density at radius 3 is 2.55 bits per heavy atom. The molecule has 4 N–H and O–H groups in total. The topological polar surface area (TPSA) is 101 Å². The number of thiocarbonyl (C=S) groups is 1. The molecule has 110 valence electrons. The van der Waals surface area contributed by atoms with Crippen molar-refractivity contribution < 1.29 is 13.2 Å². The number of carbonyl (C=O) groups is 1. The van der Waals surface area contributed by atoms with Crippen molar-refractivity contribution in [1.29, 1.82) is 0 Å². The Kier molecular flexibility index (Phi) is 5.88. The molecule has 1 aromatic rings. The van der Waals surface area contributed by atoms with E-state index in [9.17, 15) is 13.2 Å². The molecule has 0 bridgehead atoms. The molecule has 6 nitrogen and oxygen atoms in total. The summed E-state index contributed by atoms with van der Waals surface area (Å²) < 4.78 is 26.3. The van der Waals surface area contributed by atoms with Crippen molar-refractivity contribution in [3.63, 3.8) is 0 Å². The van der Waals surface area contributed by atoms with Gasteiger partial charge in [-0.3, -0.25) is 4.79 Å². The van der Waals surface area contributed by atoms with Crippen LogP contribution < -0.4 is 15.8 Å². The number of halogens is 1. The predicted molar refractivity (Wildman–Crippen MR) is 81.2 cm³/mol.